The van der Waals surface area contributed by atoms with Crippen LogP contribution in [0.2, 0.25) is 0 Å². The SMILES string of the molecule is CO[C@@H](C)c1ncc(C2CCN(C)CC2)cc1-c1c2c3cc(cc4c3n1CCO4)-c1csc(n1)C[C@H](N)C(=O)N1CCC[C@H](N1)C(=O)OCC(C)(C)C2. The summed E-state index contributed by atoms with van der Waals surface area (Å²) in [6.45, 7) is 10.4. The molecule has 6 bridgehead atoms. The molecule has 7 heterocycles. The molecular weight excluding hydrogens is 691 g/mol. The van der Waals surface area contributed by atoms with Crippen molar-refractivity contribution in [1.82, 2.24) is 29.9 Å². The first-order valence-electron chi connectivity index (χ1n) is 19.0. The summed E-state index contributed by atoms with van der Waals surface area (Å²) in [6.07, 6.45) is 6.20. The molecule has 8 rings (SSSR count). The Balaban J connectivity index is 1.32. The summed E-state index contributed by atoms with van der Waals surface area (Å²) in [7, 11) is 3.93. The topological polar surface area (TPSA) is 137 Å². The number of rotatable bonds is 4. The fraction of sp³-hybridized carbons (Fsp3) is 0.550. The normalized spacial score (nSPS) is 23.4. The van der Waals surface area contributed by atoms with Crippen molar-refractivity contribution < 1.29 is 23.8 Å². The van der Waals surface area contributed by atoms with E-state index in [1.165, 1.54) is 21.9 Å². The highest BCUT2D eigenvalue weighted by atomic mass is 32.1. The first-order chi connectivity index (χ1) is 25.5. The van der Waals surface area contributed by atoms with Gasteiger partial charge in [0.15, 0.2) is 0 Å². The molecule has 13 heteroatoms. The van der Waals surface area contributed by atoms with Gasteiger partial charge in [0.05, 0.1) is 52.9 Å². The van der Waals surface area contributed by atoms with E-state index >= 15 is 0 Å². The van der Waals surface area contributed by atoms with Crippen LogP contribution in [0.15, 0.2) is 29.8 Å². The Morgan fingerprint density at radius 3 is 2.70 bits per heavy atom. The van der Waals surface area contributed by atoms with Crippen molar-refractivity contribution in [3.63, 3.8) is 0 Å². The van der Waals surface area contributed by atoms with Crippen molar-refractivity contribution in [3.05, 3.63) is 51.6 Å². The average molecular weight is 742 g/mol. The van der Waals surface area contributed by atoms with E-state index in [0.29, 0.717) is 51.3 Å². The highest BCUT2D eigenvalue weighted by molar-refractivity contribution is 7.10. The van der Waals surface area contributed by atoms with Crippen LogP contribution in [-0.4, -0.2) is 95.4 Å². The smallest absolute Gasteiger partial charge is 0.324 e. The lowest BCUT2D eigenvalue weighted by molar-refractivity contribution is -0.154. The van der Waals surface area contributed by atoms with Crippen molar-refractivity contribution >= 4 is 34.1 Å². The number of carbonyl (C=O) groups is 2. The molecule has 0 spiro atoms. The highest BCUT2D eigenvalue weighted by Crippen LogP contribution is 2.47. The number of carbonyl (C=O) groups excluding carboxylic acids is 2. The summed E-state index contributed by atoms with van der Waals surface area (Å²) in [5, 5.41) is 5.39. The number of hydrogen-bond acceptors (Lipinski definition) is 11. The summed E-state index contributed by atoms with van der Waals surface area (Å²) in [5.74, 6) is 0.622. The Morgan fingerprint density at radius 2 is 1.91 bits per heavy atom. The van der Waals surface area contributed by atoms with Gasteiger partial charge in [-0.15, -0.1) is 11.3 Å². The monoisotopic (exact) mass is 741 g/mol. The molecule has 12 nitrogen and oxygen atoms in total. The minimum Gasteiger partial charge on any atom is -0.489 e. The third-order valence-electron chi connectivity index (χ3n) is 11.5. The molecule has 1 aromatic carbocycles. The van der Waals surface area contributed by atoms with Gasteiger partial charge in [0.1, 0.15) is 18.4 Å². The number of amides is 1. The minimum absolute atomic E-state index is 0.206. The summed E-state index contributed by atoms with van der Waals surface area (Å²) >= 11 is 1.50. The number of aromatic nitrogens is 3. The number of nitrogens with two attached hydrogens (primary N) is 1. The molecule has 3 atom stereocenters. The molecule has 282 valence electrons. The Labute approximate surface area is 315 Å². The van der Waals surface area contributed by atoms with Gasteiger partial charge in [-0.3, -0.25) is 19.6 Å². The van der Waals surface area contributed by atoms with Crippen LogP contribution in [0.1, 0.15) is 80.3 Å². The molecule has 2 fully saturated rings. The van der Waals surface area contributed by atoms with E-state index in [4.69, 9.17) is 29.9 Å². The molecule has 2 saturated heterocycles. The fourth-order valence-corrected chi connectivity index (χ4v) is 9.30. The second-order valence-corrected chi connectivity index (χ2v) is 17.0. The zero-order valence-electron chi connectivity index (χ0n) is 31.4. The van der Waals surface area contributed by atoms with Crippen molar-refractivity contribution in [1.29, 1.82) is 0 Å². The number of hydrazine groups is 1. The van der Waals surface area contributed by atoms with Crippen LogP contribution in [0.4, 0.5) is 0 Å². The Morgan fingerprint density at radius 1 is 1.09 bits per heavy atom. The number of esters is 1. The third kappa shape index (κ3) is 6.98. The maximum Gasteiger partial charge on any atom is 0.324 e. The fourth-order valence-electron chi connectivity index (χ4n) is 8.44. The summed E-state index contributed by atoms with van der Waals surface area (Å²) in [4.78, 5) is 39.5. The van der Waals surface area contributed by atoms with Gasteiger partial charge in [0.25, 0.3) is 5.91 Å². The third-order valence-corrected chi connectivity index (χ3v) is 12.3. The van der Waals surface area contributed by atoms with E-state index < -0.39 is 17.5 Å². The Kier molecular flexibility index (Phi) is 9.82. The number of nitrogens with zero attached hydrogens (tertiary/aromatic N) is 5. The van der Waals surface area contributed by atoms with Gasteiger partial charge in [0, 0.05) is 53.6 Å². The molecule has 1 amide bonds. The van der Waals surface area contributed by atoms with E-state index in [9.17, 15) is 9.59 Å². The minimum atomic E-state index is -0.799. The summed E-state index contributed by atoms with van der Waals surface area (Å²) < 4.78 is 20.9. The van der Waals surface area contributed by atoms with Crippen LogP contribution in [0.5, 0.6) is 5.75 Å². The van der Waals surface area contributed by atoms with Crippen LogP contribution >= 0.6 is 11.3 Å². The van der Waals surface area contributed by atoms with Crippen molar-refractivity contribution in [3.8, 4) is 28.3 Å². The molecule has 3 N–H and O–H groups in total. The lowest BCUT2D eigenvalue weighted by atomic mass is 9.83. The molecule has 4 aliphatic rings. The van der Waals surface area contributed by atoms with Gasteiger partial charge in [-0.05, 0) is 94.4 Å². The number of benzene rings is 1. The lowest BCUT2D eigenvalue weighted by Gasteiger charge is -2.34. The van der Waals surface area contributed by atoms with Gasteiger partial charge < -0.3 is 29.4 Å². The van der Waals surface area contributed by atoms with Gasteiger partial charge >= 0.3 is 5.97 Å². The Bertz CT molecular complexity index is 2030. The lowest BCUT2D eigenvalue weighted by Crippen LogP contribution is -2.59. The van der Waals surface area contributed by atoms with Gasteiger partial charge in [0.2, 0.25) is 0 Å². The predicted molar refractivity (Wildman–Crippen MR) is 205 cm³/mol. The number of fused-ring (bicyclic) bond motifs is 6. The summed E-state index contributed by atoms with van der Waals surface area (Å²) in [6, 6.07) is 5.26. The van der Waals surface area contributed by atoms with Crippen LogP contribution in [0, 0.1) is 5.41 Å². The maximum atomic E-state index is 13.6. The number of pyridine rings is 1. The van der Waals surface area contributed by atoms with Crippen LogP contribution < -0.4 is 15.9 Å². The molecule has 0 saturated carbocycles. The van der Waals surface area contributed by atoms with E-state index in [0.717, 1.165) is 81.4 Å². The highest BCUT2D eigenvalue weighted by Gasteiger charge is 2.36. The molecule has 4 aliphatic heterocycles. The number of methoxy groups -OCH3 is 1. The van der Waals surface area contributed by atoms with Gasteiger partial charge in [-0.1, -0.05) is 13.8 Å². The van der Waals surface area contributed by atoms with Crippen molar-refractivity contribution in [2.24, 2.45) is 11.1 Å². The second-order valence-electron chi connectivity index (χ2n) is 16.1. The quantitative estimate of drug-likeness (QED) is 0.268. The largest absolute Gasteiger partial charge is 0.489 e. The summed E-state index contributed by atoms with van der Waals surface area (Å²) in [5.41, 5.74) is 17.5. The van der Waals surface area contributed by atoms with Crippen molar-refractivity contribution in [2.45, 2.75) is 89.9 Å². The van der Waals surface area contributed by atoms with Crippen LogP contribution in [0.3, 0.4) is 0 Å². The first-order valence-corrected chi connectivity index (χ1v) is 19.9. The van der Waals surface area contributed by atoms with Gasteiger partial charge in [-0.2, -0.15) is 0 Å². The van der Waals surface area contributed by atoms with Crippen molar-refractivity contribution in [2.75, 3.05) is 47.0 Å². The number of likely N-dealkylation sites (tertiary alicyclic amines) is 1. The molecule has 0 radical (unpaired) electrons. The number of nitrogens with one attached hydrogen (secondary N) is 1. The molecule has 0 aliphatic carbocycles. The molecule has 53 heavy (non-hydrogen) atoms. The van der Waals surface area contributed by atoms with E-state index in [2.05, 4.69) is 67.1 Å². The Hall–Kier alpha value is -3.88. The number of piperidine rings is 1. The average Bonchev–Trinajstić information content (AvgIpc) is 3.75. The second kappa shape index (κ2) is 14.4. The predicted octanol–water partition coefficient (Wildman–Crippen LogP) is 5.23. The van der Waals surface area contributed by atoms with E-state index in [1.807, 2.05) is 5.38 Å². The maximum absolute atomic E-state index is 13.6. The zero-order chi connectivity index (χ0) is 37.0. The van der Waals surface area contributed by atoms with Gasteiger partial charge in [-0.25, -0.2) is 10.4 Å². The molecule has 4 aromatic rings. The molecule has 0 unspecified atom stereocenters. The van der Waals surface area contributed by atoms with E-state index in [-0.39, 0.29) is 24.6 Å². The number of hydrogen-bond donors (Lipinski definition) is 2. The number of thiazole rings is 1. The van der Waals surface area contributed by atoms with E-state index in [1.54, 1.807) is 7.11 Å². The zero-order valence-corrected chi connectivity index (χ0v) is 32.3. The standard InChI is InChI=1S/C40H51N7O5S/c1-23(50-5)35-28(16-26(20-42-35)24-8-11-45(4)12-9-24)36-29-19-40(2,3)22-52-39(49)31-7-6-10-47(44-31)38(48)30(41)18-34-43-32(21-53-34)25-15-27(29)37-33(17-25)51-14-13-46(36)37/h15-17,20-21,23-24,30-31,44H,6-14,18-19,22,41H2,1-5H3/t23-,30-,31-/m0/s1. The number of ether oxygens (including phenoxy) is 3. The van der Waals surface area contributed by atoms with Crippen LogP contribution in [0.25, 0.3) is 33.4 Å². The van der Waals surface area contributed by atoms with Crippen LogP contribution in [-0.2, 0) is 38.4 Å². The molecular formula is C40H51N7O5S. The first kappa shape index (κ1) is 36.1. The molecule has 3 aromatic heterocycles. The number of cyclic esters (lactones) is 1.